The van der Waals surface area contributed by atoms with Gasteiger partial charge in [-0.15, -0.1) is 11.8 Å². The summed E-state index contributed by atoms with van der Waals surface area (Å²) in [6.07, 6.45) is 6.54. The second-order valence-electron chi connectivity index (χ2n) is 5.93. The summed E-state index contributed by atoms with van der Waals surface area (Å²) in [5, 5.41) is 2.93. The van der Waals surface area contributed by atoms with Crippen LogP contribution in [0.5, 0.6) is 0 Å². The van der Waals surface area contributed by atoms with Gasteiger partial charge in [0.15, 0.2) is 0 Å². The highest BCUT2D eigenvalue weighted by Gasteiger charge is 2.38. The van der Waals surface area contributed by atoms with Gasteiger partial charge in [0.05, 0.1) is 12.1 Å². The van der Waals surface area contributed by atoms with Gasteiger partial charge in [-0.05, 0) is 25.0 Å². The molecule has 1 saturated carbocycles. The van der Waals surface area contributed by atoms with Gasteiger partial charge in [0.2, 0.25) is 11.8 Å². The summed E-state index contributed by atoms with van der Waals surface area (Å²) in [5.74, 6) is 2.48. The summed E-state index contributed by atoms with van der Waals surface area (Å²) >= 11 is 1.66. The van der Waals surface area contributed by atoms with Crippen LogP contribution < -0.4 is 5.32 Å². The Bertz CT molecular complexity index is 511. The van der Waals surface area contributed by atoms with Crippen molar-refractivity contribution < 1.29 is 14.0 Å². The lowest BCUT2D eigenvalue weighted by Gasteiger charge is -2.25. The Labute approximate surface area is 134 Å². The molecule has 1 saturated heterocycles. The number of hydrogen-bond donors (Lipinski definition) is 1. The highest BCUT2D eigenvalue weighted by Crippen LogP contribution is 2.30. The quantitative estimate of drug-likeness (QED) is 0.901. The second-order valence-corrected chi connectivity index (χ2v) is 6.93. The Morgan fingerprint density at radius 3 is 2.91 bits per heavy atom. The van der Waals surface area contributed by atoms with Gasteiger partial charge in [-0.3, -0.25) is 9.59 Å². The maximum atomic E-state index is 12.5. The lowest BCUT2D eigenvalue weighted by molar-refractivity contribution is -0.141. The van der Waals surface area contributed by atoms with E-state index in [0.29, 0.717) is 24.6 Å². The lowest BCUT2D eigenvalue weighted by atomic mass is 10.1. The molecule has 1 aliphatic carbocycles. The second kappa shape index (κ2) is 7.22. The molecular formula is C16H22N2O3S. The van der Waals surface area contributed by atoms with Crippen molar-refractivity contribution in [2.45, 2.75) is 38.1 Å². The van der Waals surface area contributed by atoms with Crippen LogP contribution in [0.4, 0.5) is 0 Å². The van der Waals surface area contributed by atoms with Crippen molar-refractivity contribution in [1.82, 2.24) is 10.2 Å². The molecule has 0 radical (unpaired) electrons. The van der Waals surface area contributed by atoms with E-state index in [9.17, 15) is 9.59 Å². The minimum Gasteiger partial charge on any atom is -0.469 e. The van der Waals surface area contributed by atoms with Crippen molar-refractivity contribution >= 4 is 23.6 Å². The first-order chi connectivity index (χ1) is 10.8. The van der Waals surface area contributed by atoms with Crippen LogP contribution in [0.1, 0.15) is 31.4 Å². The molecule has 1 aliphatic heterocycles. The third kappa shape index (κ3) is 3.48. The number of hydrogen-bond acceptors (Lipinski definition) is 4. The average Bonchev–Trinajstić information content (AvgIpc) is 3.26. The molecule has 0 bridgehead atoms. The Hall–Kier alpha value is -1.43. The van der Waals surface area contributed by atoms with E-state index in [-0.39, 0.29) is 23.8 Å². The standard InChI is InChI=1S/C16H22N2O3S/c19-15(17-8-7-13-6-3-9-21-13)14-10-22-11-18(14)16(20)12-4-1-2-5-12/h3,6,9,12,14H,1-2,4-5,7-8,10-11H2,(H,17,19)/t14-/m1/s1. The monoisotopic (exact) mass is 322 g/mol. The first kappa shape index (κ1) is 15.5. The van der Waals surface area contributed by atoms with Crippen LogP contribution in [0.3, 0.4) is 0 Å². The van der Waals surface area contributed by atoms with E-state index in [1.165, 1.54) is 0 Å². The Balaban J connectivity index is 1.50. The van der Waals surface area contributed by atoms with E-state index in [2.05, 4.69) is 5.32 Å². The minimum absolute atomic E-state index is 0.0390. The number of nitrogens with zero attached hydrogens (tertiary/aromatic N) is 1. The highest BCUT2D eigenvalue weighted by molar-refractivity contribution is 7.99. The number of furan rings is 1. The molecule has 6 heteroatoms. The molecule has 2 heterocycles. The molecule has 2 amide bonds. The number of nitrogens with one attached hydrogen (secondary N) is 1. The maximum absolute atomic E-state index is 12.5. The first-order valence-electron chi connectivity index (χ1n) is 7.94. The fraction of sp³-hybridized carbons (Fsp3) is 0.625. The van der Waals surface area contributed by atoms with Gasteiger partial charge in [0.25, 0.3) is 0 Å². The van der Waals surface area contributed by atoms with Gasteiger partial charge in [0, 0.05) is 24.6 Å². The number of amides is 2. The number of rotatable bonds is 5. The van der Waals surface area contributed by atoms with Gasteiger partial charge >= 0.3 is 0 Å². The summed E-state index contributed by atoms with van der Waals surface area (Å²) in [6, 6.07) is 3.43. The summed E-state index contributed by atoms with van der Waals surface area (Å²) in [5.41, 5.74) is 0. The number of carbonyl (C=O) groups is 2. The maximum Gasteiger partial charge on any atom is 0.243 e. The molecule has 0 unspecified atom stereocenters. The molecule has 2 fully saturated rings. The van der Waals surface area contributed by atoms with Crippen LogP contribution in [0.15, 0.2) is 22.8 Å². The molecule has 1 aromatic heterocycles. The molecule has 3 rings (SSSR count). The van der Waals surface area contributed by atoms with Crippen molar-refractivity contribution in [3.8, 4) is 0 Å². The lowest BCUT2D eigenvalue weighted by Crippen LogP contribution is -2.49. The first-order valence-corrected chi connectivity index (χ1v) is 9.09. The van der Waals surface area contributed by atoms with Crippen molar-refractivity contribution in [3.63, 3.8) is 0 Å². The minimum atomic E-state index is -0.310. The van der Waals surface area contributed by atoms with E-state index in [4.69, 9.17) is 4.42 Å². The molecule has 0 aromatic carbocycles. The van der Waals surface area contributed by atoms with Crippen LogP contribution in [0.2, 0.25) is 0 Å². The Morgan fingerprint density at radius 1 is 1.36 bits per heavy atom. The molecule has 5 nitrogen and oxygen atoms in total. The molecular weight excluding hydrogens is 300 g/mol. The zero-order valence-corrected chi connectivity index (χ0v) is 13.4. The summed E-state index contributed by atoms with van der Waals surface area (Å²) in [4.78, 5) is 26.7. The predicted octanol–water partition coefficient (Wildman–Crippen LogP) is 2.03. The summed E-state index contributed by atoms with van der Waals surface area (Å²) in [6.45, 7) is 0.541. The van der Waals surface area contributed by atoms with E-state index in [1.54, 1.807) is 22.9 Å². The Kier molecular flexibility index (Phi) is 5.08. The van der Waals surface area contributed by atoms with Crippen molar-refractivity contribution in [3.05, 3.63) is 24.2 Å². The van der Waals surface area contributed by atoms with Crippen LogP contribution in [0, 0.1) is 5.92 Å². The van der Waals surface area contributed by atoms with E-state index in [1.807, 2.05) is 12.1 Å². The van der Waals surface area contributed by atoms with Crippen molar-refractivity contribution in [1.29, 1.82) is 0 Å². The molecule has 120 valence electrons. The Morgan fingerprint density at radius 2 is 2.18 bits per heavy atom. The SMILES string of the molecule is O=C(NCCc1ccco1)[C@H]1CSCN1C(=O)C1CCCC1. The van der Waals surface area contributed by atoms with Gasteiger partial charge in [-0.25, -0.2) is 0 Å². The van der Waals surface area contributed by atoms with E-state index in [0.717, 1.165) is 31.4 Å². The van der Waals surface area contributed by atoms with Crippen molar-refractivity contribution in [2.24, 2.45) is 5.92 Å². The van der Waals surface area contributed by atoms with E-state index < -0.39 is 0 Å². The molecule has 2 aliphatic rings. The third-order valence-corrected chi connectivity index (χ3v) is 5.44. The van der Waals surface area contributed by atoms with Crippen LogP contribution in [0.25, 0.3) is 0 Å². The smallest absolute Gasteiger partial charge is 0.243 e. The van der Waals surface area contributed by atoms with Crippen LogP contribution >= 0.6 is 11.8 Å². The predicted molar refractivity (Wildman–Crippen MR) is 85.3 cm³/mol. The topological polar surface area (TPSA) is 62.6 Å². The summed E-state index contributed by atoms with van der Waals surface area (Å²) in [7, 11) is 0. The average molecular weight is 322 g/mol. The van der Waals surface area contributed by atoms with Gasteiger partial charge in [-0.2, -0.15) is 0 Å². The van der Waals surface area contributed by atoms with Gasteiger partial charge in [-0.1, -0.05) is 12.8 Å². The zero-order chi connectivity index (χ0) is 15.4. The molecule has 1 N–H and O–H groups in total. The zero-order valence-electron chi connectivity index (χ0n) is 12.6. The summed E-state index contributed by atoms with van der Waals surface area (Å²) < 4.78 is 5.25. The molecule has 1 atom stereocenters. The van der Waals surface area contributed by atoms with Crippen molar-refractivity contribution in [2.75, 3.05) is 18.2 Å². The molecule has 1 aromatic rings. The largest absolute Gasteiger partial charge is 0.469 e. The van der Waals surface area contributed by atoms with Crippen LogP contribution in [-0.2, 0) is 16.0 Å². The third-order valence-electron chi connectivity index (χ3n) is 4.42. The number of carbonyl (C=O) groups excluding carboxylic acids is 2. The molecule has 22 heavy (non-hydrogen) atoms. The fourth-order valence-electron chi connectivity index (χ4n) is 3.17. The highest BCUT2D eigenvalue weighted by atomic mass is 32.2. The van der Waals surface area contributed by atoms with Crippen LogP contribution in [-0.4, -0.2) is 40.9 Å². The fourth-order valence-corrected chi connectivity index (χ4v) is 4.33. The number of thioether (sulfide) groups is 1. The van der Waals surface area contributed by atoms with Gasteiger partial charge in [0.1, 0.15) is 11.8 Å². The van der Waals surface area contributed by atoms with E-state index >= 15 is 0 Å². The normalized spacial score (nSPS) is 22.2. The molecule has 0 spiro atoms. The van der Waals surface area contributed by atoms with Gasteiger partial charge < -0.3 is 14.6 Å².